The number of halogens is 1. The third kappa shape index (κ3) is 1.67. The maximum atomic E-state index is 13.3. The SMILES string of the molecule is CC1(c2noc(-c3ccc(N)c(F)c3)n2)CC1. The van der Waals surface area contributed by atoms with Crippen molar-refractivity contribution in [3.8, 4) is 11.5 Å². The van der Waals surface area contributed by atoms with Crippen LogP contribution in [-0.2, 0) is 5.41 Å². The molecule has 0 unspecified atom stereocenters. The molecule has 5 heteroatoms. The average Bonchev–Trinajstić information content (AvgIpc) is 2.88. The molecule has 0 atom stereocenters. The van der Waals surface area contributed by atoms with Crippen LogP contribution in [0.2, 0.25) is 0 Å². The van der Waals surface area contributed by atoms with Crippen LogP contribution in [0.3, 0.4) is 0 Å². The quantitative estimate of drug-likeness (QED) is 0.809. The largest absolute Gasteiger partial charge is 0.396 e. The van der Waals surface area contributed by atoms with Crippen molar-refractivity contribution >= 4 is 5.69 Å². The van der Waals surface area contributed by atoms with E-state index in [1.807, 2.05) is 0 Å². The van der Waals surface area contributed by atoms with E-state index in [2.05, 4.69) is 17.1 Å². The smallest absolute Gasteiger partial charge is 0.258 e. The molecule has 2 aromatic rings. The van der Waals surface area contributed by atoms with E-state index in [0.717, 1.165) is 12.8 Å². The lowest BCUT2D eigenvalue weighted by atomic mass is 10.1. The average molecular weight is 233 g/mol. The van der Waals surface area contributed by atoms with Gasteiger partial charge < -0.3 is 10.3 Å². The Morgan fingerprint density at radius 2 is 2.18 bits per heavy atom. The van der Waals surface area contributed by atoms with Gasteiger partial charge in [0.1, 0.15) is 5.82 Å². The maximum absolute atomic E-state index is 13.3. The van der Waals surface area contributed by atoms with Gasteiger partial charge in [-0.1, -0.05) is 12.1 Å². The number of nitrogens with two attached hydrogens (primary N) is 1. The van der Waals surface area contributed by atoms with E-state index in [1.165, 1.54) is 12.1 Å². The van der Waals surface area contributed by atoms with Crippen molar-refractivity contribution in [2.45, 2.75) is 25.2 Å². The van der Waals surface area contributed by atoms with Crippen LogP contribution in [-0.4, -0.2) is 10.1 Å². The second-order valence-corrected chi connectivity index (χ2v) is 4.72. The summed E-state index contributed by atoms with van der Waals surface area (Å²) >= 11 is 0. The number of benzene rings is 1. The van der Waals surface area contributed by atoms with Crippen molar-refractivity contribution in [3.63, 3.8) is 0 Å². The predicted molar refractivity (Wildman–Crippen MR) is 60.7 cm³/mol. The summed E-state index contributed by atoms with van der Waals surface area (Å²) in [5, 5.41) is 3.94. The third-order valence-electron chi connectivity index (χ3n) is 3.21. The fourth-order valence-electron chi connectivity index (χ4n) is 1.66. The van der Waals surface area contributed by atoms with Gasteiger partial charge in [0, 0.05) is 11.0 Å². The molecule has 0 bridgehead atoms. The zero-order valence-electron chi connectivity index (χ0n) is 9.40. The molecule has 88 valence electrons. The molecule has 0 aliphatic heterocycles. The molecule has 1 fully saturated rings. The summed E-state index contributed by atoms with van der Waals surface area (Å²) < 4.78 is 18.4. The highest BCUT2D eigenvalue weighted by atomic mass is 19.1. The van der Waals surface area contributed by atoms with Crippen molar-refractivity contribution in [1.82, 2.24) is 10.1 Å². The predicted octanol–water partition coefficient (Wildman–Crippen LogP) is 2.51. The molecule has 0 saturated heterocycles. The Kier molecular flexibility index (Phi) is 1.98. The molecule has 0 spiro atoms. The molecular formula is C12H12FN3O. The van der Waals surface area contributed by atoms with E-state index in [4.69, 9.17) is 10.3 Å². The zero-order valence-corrected chi connectivity index (χ0v) is 9.40. The van der Waals surface area contributed by atoms with Crippen molar-refractivity contribution in [2.75, 3.05) is 5.73 Å². The molecule has 4 nitrogen and oxygen atoms in total. The highest BCUT2D eigenvalue weighted by molar-refractivity contribution is 5.57. The highest BCUT2D eigenvalue weighted by Crippen LogP contribution is 2.46. The minimum atomic E-state index is -0.472. The molecule has 1 saturated carbocycles. The van der Waals surface area contributed by atoms with Gasteiger partial charge in [-0.15, -0.1) is 0 Å². The Bertz CT molecular complexity index is 575. The maximum Gasteiger partial charge on any atom is 0.258 e. The highest BCUT2D eigenvalue weighted by Gasteiger charge is 2.43. The Labute approximate surface area is 97.6 Å². The van der Waals surface area contributed by atoms with E-state index in [1.54, 1.807) is 6.07 Å². The standard InChI is InChI=1S/C12H12FN3O/c1-12(4-5-12)11-15-10(17-16-11)7-2-3-9(14)8(13)6-7/h2-3,6H,4-5,14H2,1H3. The number of hydrogen-bond donors (Lipinski definition) is 1. The Morgan fingerprint density at radius 1 is 1.41 bits per heavy atom. The molecule has 2 N–H and O–H groups in total. The number of aromatic nitrogens is 2. The minimum absolute atomic E-state index is 0.0497. The summed E-state index contributed by atoms with van der Waals surface area (Å²) in [6.07, 6.45) is 2.14. The van der Waals surface area contributed by atoms with Crippen LogP contribution >= 0.6 is 0 Å². The number of rotatable bonds is 2. The van der Waals surface area contributed by atoms with Gasteiger partial charge in [0.05, 0.1) is 5.69 Å². The Balaban J connectivity index is 1.98. The Morgan fingerprint density at radius 3 is 2.82 bits per heavy atom. The fourth-order valence-corrected chi connectivity index (χ4v) is 1.66. The molecule has 0 radical (unpaired) electrons. The van der Waals surface area contributed by atoms with Crippen LogP contribution < -0.4 is 5.73 Å². The van der Waals surface area contributed by atoms with Crippen molar-refractivity contribution in [2.24, 2.45) is 0 Å². The van der Waals surface area contributed by atoms with Gasteiger partial charge >= 0.3 is 0 Å². The molecule has 1 aliphatic carbocycles. The summed E-state index contributed by atoms with van der Waals surface area (Å²) in [4.78, 5) is 4.30. The van der Waals surface area contributed by atoms with Gasteiger partial charge in [-0.25, -0.2) is 4.39 Å². The van der Waals surface area contributed by atoms with E-state index < -0.39 is 5.82 Å². The molecule has 0 amide bonds. The lowest BCUT2D eigenvalue weighted by Gasteiger charge is -1.98. The van der Waals surface area contributed by atoms with E-state index in [-0.39, 0.29) is 11.1 Å². The summed E-state index contributed by atoms with van der Waals surface area (Å²) in [5.41, 5.74) is 6.13. The first-order chi connectivity index (χ1) is 8.08. The van der Waals surface area contributed by atoms with Crippen LogP contribution in [0.4, 0.5) is 10.1 Å². The summed E-state index contributed by atoms with van der Waals surface area (Å²) in [7, 11) is 0. The van der Waals surface area contributed by atoms with Gasteiger partial charge in [0.25, 0.3) is 5.89 Å². The number of hydrogen-bond acceptors (Lipinski definition) is 4. The lowest BCUT2D eigenvalue weighted by molar-refractivity contribution is 0.415. The molecule has 1 aromatic carbocycles. The van der Waals surface area contributed by atoms with Crippen molar-refractivity contribution < 1.29 is 8.91 Å². The number of anilines is 1. The Hall–Kier alpha value is -1.91. The van der Waals surface area contributed by atoms with Gasteiger partial charge in [-0.3, -0.25) is 0 Å². The summed E-state index contributed by atoms with van der Waals surface area (Å²) in [6, 6.07) is 4.47. The van der Waals surface area contributed by atoms with E-state index >= 15 is 0 Å². The van der Waals surface area contributed by atoms with Gasteiger partial charge in [-0.2, -0.15) is 4.98 Å². The second kappa shape index (κ2) is 3.29. The summed E-state index contributed by atoms with van der Waals surface area (Å²) in [5.74, 6) is 0.566. The third-order valence-corrected chi connectivity index (χ3v) is 3.21. The molecule has 3 rings (SSSR count). The molecule has 17 heavy (non-hydrogen) atoms. The topological polar surface area (TPSA) is 64.9 Å². The van der Waals surface area contributed by atoms with Gasteiger partial charge in [-0.05, 0) is 31.0 Å². The van der Waals surface area contributed by atoms with Crippen molar-refractivity contribution in [3.05, 3.63) is 29.8 Å². The molecule has 1 aromatic heterocycles. The normalized spacial score (nSPS) is 17.1. The van der Waals surface area contributed by atoms with Crippen LogP contribution in [0.5, 0.6) is 0 Å². The van der Waals surface area contributed by atoms with E-state index in [9.17, 15) is 4.39 Å². The first-order valence-electron chi connectivity index (χ1n) is 5.48. The minimum Gasteiger partial charge on any atom is -0.396 e. The van der Waals surface area contributed by atoms with Crippen LogP contribution in [0.25, 0.3) is 11.5 Å². The number of nitrogens with zero attached hydrogens (tertiary/aromatic N) is 2. The molecular weight excluding hydrogens is 221 g/mol. The summed E-state index contributed by atoms with van der Waals surface area (Å²) in [6.45, 7) is 2.09. The first kappa shape index (κ1) is 10.3. The molecule has 1 aliphatic rings. The van der Waals surface area contributed by atoms with E-state index in [0.29, 0.717) is 17.3 Å². The first-order valence-corrected chi connectivity index (χ1v) is 5.48. The van der Waals surface area contributed by atoms with Crippen molar-refractivity contribution in [1.29, 1.82) is 0 Å². The fraction of sp³-hybridized carbons (Fsp3) is 0.333. The van der Waals surface area contributed by atoms with Crippen LogP contribution in [0, 0.1) is 5.82 Å². The lowest BCUT2D eigenvalue weighted by Crippen LogP contribution is -2.01. The number of nitrogen functional groups attached to an aromatic ring is 1. The van der Waals surface area contributed by atoms with Gasteiger partial charge in [0.15, 0.2) is 5.82 Å². The monoisotopic (exact) mass is 233 g/mol. The zero-order chi connectivity index (χ0) is 12.0. The van der Waals surface area contributed by atoms with Gasteiger partial charge in [0.2, 0.25) is 0 Å². The van der Waals surface area contributed by atoms with Crippen LogP contribution in [0.1, 0.15) is 25.6 Å². The second-order valence-electron chi connectivity index (χ2n) is 4.72. The van der Waals surface area contributed by atoms with Crippen LogP contribution in [0.15, 0.2) is 22.7 Å². The molecule has 1 heterocycles.